The minimum absolute atomic E-state index is 0.143. The number of rotatable bonds is 7. The molecule has 6 heteroatoms. The average Bonchev–Trinajstić information content (AvgIpc) is 2.60. The first-order valence-corrected chi connectivity index (χ1v) is 6.95. The maximum Gasteiger partial charge on any atom is 0.262 e. The van der Waals surface area contributed by atoms with Gasteiger partial charge in [0.2, 0.25) is 5.75 Å². The van der Waals surface area contributed by atoms with Crippen LogP contribution in [0.3, 0.4) is 0 Å². The first-order valence-electron chi connectivity index (χ1n) is 6.95. The van der Waals surface area contributed by atoms with Crippen LogP contribution in [0.25, 0.3) is 0 Å². The highest BCUT2D eigenvalue weighted by Crippen LogP contribution is 2.36. The van der Waals surface area contributed by atoms with Crippen LogP contribution in [0.4, 0.5) is 5.69 Å². The van der Waals surface area contributed by atoms with Crippen molar-refractivity contribution < 1.29 is 23.7 Å². The second-order valence-corrected chi connectivity index (χ2v) is 4.56. The molecule has 0 radical (unpaired) electrons. The number of nitrogens with one attached hydrogen (secondary N) is 1. The van der Waals surface area contributed by atoms with E-state index < -0.39 is 0 Å². The number of carbonyl (C=O) groups excluding carboxylic acids is 1. The van der Waals surface area contributed by atoms with Crippen molar-refractivity contribution in [2.24, 2.45) is 0 Å². The van der Waals surface area contributed by atoms with Crippen molar-refractivity contribution in [3.05, 3.63) is 42.5 Å². The largest absolute Gasteiger partial charge is 0.497 e. The lowest BCUT2D eigenvalue weighted by molar-refractivity contribution is -0.118. The number of para-hydroxylation sites is 1. The van der Waals surface area contributed by atoms with Crippen LogP contribution in [-0.2, 0) is 4.79 Å². The molecule has 0 aliphatic rings. The number of amides is 1. The standard InChI is InChI=1S/C17H19NO5/c1-20-13-9-7-12(8-10-13)18-16(19)11-23-15-6-4-5-14(21-2)17(15)22-3/h4-10H,11H2,1-3H3,(H,18,19). The lowest BCUT2D eigenvalue weighted by Gasteiger charge is -2.13. The Morgan fingerprint density at radius 1 is 0.913 bits per heavy atom. The molecule has 2 aromatic carbocycles. The van der Waals surface area contributed by atoms with Crippen molar-refractivity contribution in [1.82, 2.24) is 0 Å². The summed E-state index contributed by atoms with van der Waals surface area (Å²) in [7, 11) is 4.64. The van der Waals surface area contributed by atoms with E-state index in [4.69, 9.17) is 18.9 Å². The van der Waals surface area contributed by atoms with Gasteiger partial charge in [0.05, 0.1) is 21.3 Å². The van der Waals surface area contributed by atoms with Crippen molar-refractivity contribution in [2.75, 3.05) is 33.3 Å². The van der Waals surface area contributed by atoms with Crippen molar-refractivity contribution >= 4 is 11.6 Å². The molecule has 0 atom stereocenters. The molecular weight excluding hydrogens is 298 g/mol. The zero-order valence-corrected chi connectivity index (χ0v) is 13.3. The Kier molecular flexibility index (Phi) is 5.68. The van der Waals surface area contributed by atoms with E-state index in [2.05, 4.69) is 5.32 Å². The molecule has 2 rings (SSSR count). The lowest BCUT2D eigenvalue weighted by atomic mass is 10.3. The fourth-order valence-corrected chi connectivity index (χ4v) is 1.99. The Bertz CT molecular complexity index is 655. The fraction of sp³-hybridized carbons (Fsp3) is 0.235. The van der Waals surface area contributed by atoms with Crippen LogP contribution in [-0.4, -0.2) is 33.8 Å². The zero-order valence-electron chi connectivity index (χ0n) is 13.3. The molecule has 0 aromatic heterocycles. The summed E-state index contributed by atoms with van der Waals surface area (Å²) in [4.78, 5) is 12.0. The van der Waals surface area contributed by atoms with Gasteiger partial charge in [-0.25, -0.2) is 0 Å². The van der Waals surface area contributed by atoms with Crippen LogP contribution in [0.2, 0.25) is 0 Å². The molecule has 1 amide bonds. The minimum Gasteiger partial charge on any atom is -0.497 e. The van der Waals surface area contributed by atoms with Gasteiger partial charge in [0, 0.05) is 5.69 Å². The maximum absolute atomic E-state index is 12.0. The molecule has 0 aliphatic heterocycles. The normalized spacial score (nSPS) is 9.87. The Balaban J connectivity index is 1.96. The summed E-state index contributed by atoms with van der Waals surface area (Å²) < 4.78 is 21.0. The first kappa shape index (κ1) is 16.5. The Hall–Kier alpha value is -2.89. The number of anilines is 1. The SMILES string of the molecule is COc1ccc(NC(=O)COc2cccc(OC)c2OC)cc1. The van der Waals surface area contributed by atoms with Gasteiger partial charge in [-0.3, -0.25) is 4.79 Å². The second-order valence-electron chi connectivity index (χ2n) is 4.56. The molecule has 122 valence electrons. The highest BCUT2D eigenvalue weighted by atomic mass is 16.5. The molecule has 0 aliphatic carbocycles. The zero-order chi connectivity index (χ0) is 16.7. The third-order valence-electron chi connectivity index (χ3n) is 3.10. The molecule has 6 nitrogen and oxygen atoms in total. The van der Waals surface area contributed by atoms with Gasteiger partial charge in [0.15, 0.2) is 18.1 Å². The van der Waals surface area contributed by atoms with E-state index in [9.17, 15) is 4.79 Å². The predicted octanol–water partition coefficient (Wildman–Crippen LogP) is 2.73. The summed E-state index contributed by atoms with van der Waals surface area (Å²) in [5, 5.41) is 2.74. The van der Waals surface area contributed by atoms with Gasteiger partial charge in [-0.1, -0.05) is 6.07 Å². The van der Waals surface area contributed by atoms with Gasteiger partial charge in [-0.05, 0) is 36.4 Å². The van der Waals surface area contributed by atoms with Crippen molar-refractivity contribution in [3.63, 3.8) is 0 Å². The topological polar surface area (TPSA) is 66.0 Å². The third-order valence-corrected chi connectivity index (χ3v) is 3.10. The molecule has 0 heterocycles. The van der Waals surface area contributed by atoms with Crippen LogP contribution >= 0.6 is 0 Å². The molecule has 23 heavy (non-hydrogen) atoms. The third kappa shape index (κ3) is 4.29. The van der Waals surface area contributed by atoms with E-state index >= 15 is 0 Å². The minimum atomic E-state index is -0.278. The van der Waals surface area contributed by atoms with Gasteiger partial charge >= 0.3 is 0 Å². The second kappa shape index (κ2) is 7.93. The van der Waals surface area contributed by atoms with Gasteiger partial charge < -0.3 is 24.3 Å². The molecule has 0 bridgehead atoms. The van der Waals surface area contributed by atoms with E-state index in [0.717, 1.165) is 5.75 Å². The van der Waals surface area contributed by atoms with E-state index in [0.29, 0.717) is 22.9 Å². The van der Waals surface area contributed by atoms with Crippen molar-refractivity contribution in [3.8, 4) is 23.0 Å². The number of carbonyl (C=O) groups is 1. The number of ether oxygens (including phenoxy) is 4. The lowest BCUT2D eigenvalue weighted by Crippen LogP contribution is -2.20. The van der Waals surface area contributed by atoms with Gasteiger partial charge in [-0.2, -0.15) is 0 Å². The quantitative estimate of drug-likeness (QED) is 0.850. The van der Waals surface area contributed by atoms with Crippen molar-refractivity contribution in [1.29, 1.82) is 0 Å². The van der Waals surface area contributed by atoms with E-state index in [1.165, 1.54) is 14.2 Å². The molecule has 0 spiro atoms. The summed E-state index contributed by atoms with van der Waals surface area (Å²) in [6.07, 6.45) is 0. The molecule has 2 aromatic rings. The van der Waals surface area contributed by atoms with E-state index in [1.807, 2.05) is 0 Å². The van der Waals surface area contributed by atoms with Crippen LogP contribution in [0.5, 0.6) is 23.0 Å². The number of hydrogen-bond acceptors (Lipinski definition) is 5. The maximum atomic E-state index is 12.0. The summed E-state index contributed by atoms with van der Waals surface area (Å²) in [5.41, 5.74) is 0.664. The highest BCUT2D eigenvalue weighted by molar-refractivity contribution is 5.91. The van der Waals surface area contributed by atoms with E-state index in [-0.39, 0.29) is 12.5 Å². The van der Waals surface area contributed by atoms with Crippen molar-refractivity contribution in [2.45, 2.75) is 0 Å². The molecule has 0 saturated heterocycles. The van der Waals surface area contributed by atoms with Gasteiger partial charge in [0.25, 0.3) is 5.91 Å². The summed E-state index contributed by atoms with van der Waals surface area (Å²) in [5.74, 6) is 1.88. The fourth-order valence-electron chi connectivity index (χ4n) is 1.99. The summed E-state index contributed by atoms with van der Waals surface area (Å²) in [6.45, 7) is -0.143. The Labute approximate surface area is 134 Å². The molecule has 1 N–H and O–H groups in total. The summed E-state index contributed by atoms with van der Waals surface area (Å²) >= 11 is 0. The monoisotopic (exact) mass is 317 g/mol. The average molecular weight is 317 g/mol. The first-order chi connectivity index (χ1) is 11.2. The molecule has 0 fully saturated rings. The number of methoxy groups -OCH3 is 3. The van der Waals surface area contributed by atoms with Crippen LogP contribution in [0, 0.1) is 0 Å². The highest BCUT2D eigenvalue weighted by Gasteiger charge is 2.12. The van der Waals surface area contributed by atoms with E-state index in [1.54, 1.807) is 49.6 Å². The smallest absolute Gasteiger partial charge is 0.262 e. The Morgan fingerprint density at radius 2 is 1.61 bits per heavy atom. The predicted molar refractivity (Wildman–Crippen MR) is 86.7 cm³/mol. The summed E-state index contributed by atoms with van der Waals surface area (Å²) in [6, 6.07) is 12.3. The van der Waals surface area contributed by atoms with Crippen LogP contribution < -0.4 is 24.3 Å². The van der Waals surface area contributed by atoms with Gasteiger partial charge in [0.1, 0.15) is 5.75 Å². The van der Waals surface area contributed by atoms with Crippen LogP contribution in [0.1, 0.15) is 0 Å². The van der Waals surface area contributed by atoms with Gasteiger partial charge in [-0.15, -0.1) is 0 Å². The molecule has 0 unspecified atom stereocenters. The Morgan fingerprint density at radius 3 is 2.22 bits per heavy atom. The molecular formula is C17H19NO5. The number of hydrogen-bond donors (Lipinski definition) is 1. The molecule has 0 saturated carbocycles. The van der Waals surface area contributed by atoms with Crippen LogP contribution in [0.15, 0.2) is 42.5 Å². The number of benzene rings is 2.